The molecule has 0 aliphatic rings. The van der Waals surface area contributed by atoms with Crippen LogP contribution in [0.5, 0.6) is 0 Å². The standard InChI is InChI=1S/C8H5NO2S/c10-8(11)12-5-3-6-2-1-4-9-7(6)12/h1-5H/p+1. The second-order valence-electron chi connectivity index (χ2n) is 2.30. The van der Waals surface area contributed by atoms with Gasteiger partial charge in [0.2, 0.25) is 0 Å². The monoisotopic (exact) mass is 180 g/mol. The Morgan fingerprint density at radius 3 is 3.08 bits per heavy atom. The minimum atomic E-state index is -0.829. The first-order valence-corrected chi connectivity index (χ1v) is 4.67. The van der Waals surface area contributed by atoms with Gasteiger partial charge in [0.15, 0.2) is 5.38 Å². The Morgan fingerprint density at radius 1 is 1.50 bits per heavy atom. The average Bonchev–Trinajstić information content (AvgIpc) is 2.47. The highest BCUT2D eigenvalue weighted by molar-refractivity contribution is 7.53. The highest BCUT2D eigenvalue weighted by Gasteiger charge is 2.21. The van der Waals surface area contributed by atoms with Gasteiger partial charge < -0.3 is 5.11 Å². The molecule has 1 atom stereocenters. The molecular weight excluding hydrogens is 174 g/mol. The highest BCUT2D eigenvalue weighted by Crippen LogP contribution is 2.29. The van der Waals surface area contributed by atoms with E-state index in [1.807, 2.05) is 6.07 Å². The van der Waals surface area contributed by atoms with E-state index in [2.05, 4.69) is 4.98 Å². The summed E-state index contributed by atoms with van der Waals surface area (Å²) in [7, 11) is -0.829. The van der Waals surface area contributed by atoms with Gasteiger partial charge in [-0.25, -0.2) is 4.98 Å². The summed E-state index contributed by atoms with van der Waals surface area (Å²) in [6, 6.07) is 5.48. The van der Waals surface area contributed by atoms with Gasteiger partial charge in [-0.2, -0.15) is 4.79 Å². The second-order valence-corrected chi connectivity index (χ2v) is 3.99. The van der Waals surface area contributed by atoms with E-state index in [0.717, 1.165) is 5.39 Å². The van der Waals surface area contributed by atoms with Crippen LogP contribution in [0.15, 0.2) is 29.8 Å². The van der Waals surface area contributed by atoms with E-state index in [1.54, 1.807) is 23.7 Å². The largest absolute Gasteiger partial charge is 0.553 e. The van der Waals surface area contributed by atoms with E-state index in [0.29, 0.717) is 4.83 Å². The first-order valence-electron chi connectivity index (χ1n) is 3.38. The lowest BCUT2D eigenvalue weighted by Crippen LogP contribution is -1.82. The van der Waals surface area contributed by atoms with Crippen LogP contribution >= 0.6 is 10.5 Å². The third-order valence-electron chi connectivity index (χ3n) is 1.58. The SMILES string of the molecule is O=C(O)[s+]1ccc2cccnc21. The van der Waals surface area contributed by atoms with Crippen molar-refractivity contribution < 1.29 is 9.90 Å². The van der Waals surface area contributed by atoms with Crippen molar-refractivity contribution in [2.24, 2.45) is 0 Å². The lowest BCUT2D eigenvalue weighted by Gasteiger charge is -1.81. The number of thiophene rings is 1. The lowest BCUT2D eigenvalue weighted by molar-refractivity contribution is 0.221. The van der Waals surface area contributed by atoms with Crippen molar-refractivity contribution in [3.05, 3.63) is 29.8 Å². The minimum Gasteiger partial charge on any atom is -0.437 e. The van der Waals surface area contributed by atoms with E-state index < -0.39 is 15.8 Å². The van der Waals surface area contributed by atoms with Gasteiger partial charge in [0, 0.05) is 12.3 Å². The fourth-order valence-electron chi connectivity index (χ4n) is 1.06. The predicted molar refractivity (Wildman–Crippen MR) is 47.6 cm³/mol. The van der Waals surface area contributed by atoms with Crippen LogP contribution in [0.4, 0.5) is 4.79 Å². The molecule has 60 valence electrons. The van der Waals surface area contributed by atoms with Crippen LogP contribution in [0.3, 0.4) is 0 Å². The van der Waals surface area contributed by atoms with Crippen molar-refractivity contribution in [1.82, 2.24) is 4.98 Å². The van der Waals surface area contributed by atoms with E-state index in [9.17, 15) is 4.79 Å². The molecule has 0 aromatic carbocycles. The van der Waals surface area contributed by atoms with E-state index >= 15 is 0 Å². The van der Waals surface area contributed by atoms with Crippen molar-refractivity contribution in [1.29, 1.82) is 0 Å². The molecule has 2 heterocycles. The molecule has 1 unspecified atom stereocenters. The summed E-state index contributed by atoms with van der Waals surface area (Å²) in [4.78, 5) is 15.4. The molecule has 0 amide bonds. The van der Waals surface area contributed by atoms with Crippen LogP contribution in [0.2, 0.25) is 0 Å². The number of fused-ring (bicyclic) bond motifs is 1. The Kier molecular flexibility index (Phi) is 1.55. The molecule has 0 radical (unpaired) electrons. The first-order chi connectivity index (χ1) is 5.79. The number of carboxylic acid groups (broad SMARTS) is 1. The molecule has 0 fully saturated rings. The molecule has 0 bridgehead atoms. The second kappa shape index (κ2) is 2.57. The summed E-state index contributed by atoms with van der Waals surface area (Å²) >= 11 is 0. The van der Waals surface area contributed by atoms with Crippen molar-refractivity contribution in [2.75, 3.05) is 0 Å². The smallest absolute Gasteiger partial charge is 0.437 e. The topological polar surface area (TPSA) is 50.2 Å². The summed E-state index contributed by atoms with van der Waals surface area (Å²) in [6.45, 7) is 0. The Morgan fingerprint density at radius 2 is 2.33 bits per heavy atom. The Hall–Kier alpha value is -1.42. The van der Waals surface area contributed by atoms with Gasteiger partial charge in [-0.15, -0.1) is 0 Å². The summed E-state index contributed by atoms with van der Waals surface area (Å²) < 4.78 is 0. The quantitative estimate of drug-likeness (QED) is 0.686. The molecule has 2 aromatic heterocycles. The van der Waals surface area contributed by atoms with Crippen LogP contribution in [0.25, 0.3) is 10.2 Å². The number of hydrogen-bond acceptors (Lipinski definition) is 2. The maximum Gasteiger partial charge on any atom is 0.553 e. The molecule has 4 heteroatoms. The number of nitrogens with zero attached hydrogens (tertiary/aromatic N) is 1. The van der Waals surface area contributed by atoms with Gasteiger partial charge in [-0.05, 0) is 12.1 Å². The van der Waals surface area contributed by atoms with Crippen LogP contribution in [0.1, 0.15) is 0 Å². The van der Waals surface area contributed by atoms with E-state index in [1.165, 1.54) is 0 Å². The lowest BCUT2D eigenvalue weighted by atomic mass is 10.4. The third-order valence-corrected chi connectivity index (χ3v) is 3.12. The number of carbonyl (C=O) groups is 1. The van der Waals surface area contributed by atoms with E-state index in [-0.39, 0.29) is 0 Å². The fraction of sp³-hybridized carbons (Fsp3) is 0. The van der Waals surface area contributed by atoms with Crippen LogP contribution in [-0.4, -0.2) is 15.4 Å². The Balaban J connectivity index is 2.79. The fourth-order valence-corrected chi connectivity index (χ4v) is 2.32. The zero-order chi connectivity index (χ0) is 8.55. The van der Waals surface area contributed by atoms with Crippen molar-refractivity contribution in [3.63, 3.8) is 0 Å². The molecule has 2 rings (SSSR count). The Bertz CT molecular complexity index is 435. The van der Waals surface area contributed by atoms with Crippen LogP contribution < -0.4 is 0 Å². The Labute approximate surface area is 71.3 Å². The molecule has 1 N–H and O–H groups in total. The molecule has 0 saturated heterocycles. The van der Waals surface area contributed by atoms with Crippen LogP contribution in [0, 0.1) is 0 Å². The molecule has 0 spiro atoms. The minimum absolute atomic E-state index is 0.671. The van der Waals surface area contributed by atoms with Gasteiger partial charge in [0.25, 0.3) is 4.83 Å². The molecule has 0 aliphatic carbocycles. The first kappa shape index (κ1) is 7.24. The summed E-state index contributed by atoms with van der Waals surface area (Å²) in [5.74, 6) is 0. The molecule has 2 aromatic rings. The predicted octanol–water partition coefficient (Wildman–Crippen LogP) is 2.51. The zero-order valence-electron chi connectivity index (χ0n) is 6.10. The normalized spacial score (nSPS) is 11.8. The van der Waals surface area contributed by atoms with Crippen molar-refractivity contribution in [2.45, 2.75) is 0 Å². The number of aromatic nitrogens is 1. The summed E-state index contributed by atoms with van der Waals surface area (Å²) in [5, 5.41) is 10.6. The average molecular weight is 180 g/mol. The summed E-state index contributed by atoms with van der Waals surface area (Å²) in [5.41, 5.74) is 0. The molecule has 0 saturated carbocycles. The van der Waals surface area contributed by atoms with Gasteiger partial charge in [0.1, 0.15) is 10.5 Å². The zero-order valence-corrected chi connectivity index (χ0v) is 6.91. The highest BCUT2D eigenvalue weighted by atomic mass is 32.2. The number of rotatable bonds is 1. The molecule has 0 aliphatic heterocycles. The summed E-state index contributed by atoms with van der Waals surface area (Å²) in [6.07, 6.45) is 1.62. The number of hydrogen-bond donors (Lipinski definition) is 1. The maximum atomic E-state index is 10.7. The third kappa shape index (κ3) is 0.967. The van der Waals surface area contributed by atoms with Gasteiger partial charge in [-0.3, -0.25) is 0 Å². The number of pyridine rings is 1. The van der Waals surface area contributed by atoms with E-state index in [4.69, 9.17) is 5.11 Å². The molecule has 3 nitrogen and oxygen atoms in total. The van der Waals surface area contributed by atoms with Crippen molar-refractivity contribution in [3.8, 4) is 0 Å². The molecule has 12 heavy (non-hydrogen) atoms. The van der Waals surface area contributed by atoms with Gasteiger partial charge in [-0.1, -0.05) is 0 Å². The maximum absolute atomic E-state index is 10.7. The van der Waals surface area contributed by atoms with Gasteiger partial charge in [0.05, 0.1) is 5.39 Å². The van der Waals surface area contributed by atoms with Gasteiger partial charge >= 0.3 is 5.30 Å². The van der Waals surface area contributed by atoms with Crippen LogP contribution in [-0.2, 0) is 0 Å². The van der Waals surface area contributed by atoms with Crippen molar-refractivity contribution >= 4 is 26.0 Å². The molecular formula is C8H6NO2S+.